The van der Waals surface area contributed by atoms with Crippen molar-refractivity contribution in [1.82, 2.24) is 5.32 Å². The van der Waals surface area contributed by atoms with Crippen LogP contribution >= 0.6 is 0 Å². The first-order chi connectivity index (χ1) is 6.52. The van der Waals surface area contributed by atoms with E-state index in [0.717, 1.165) is 25.7 Å². The third kappa shape index (κ3) is 3.64. The van der Waals surface area contributed by atoms with E-state index in [2.05, 4.69) is 5.32 Å². The Kier molecular flexibility index (Phi) is 3.89. The topological polar surface area (TPSA) is 75.3 Å². The average molecular weight is 200 g/mol. The van der Waals surface area contributed by atoms with Gasteiger partial charge in [-0.15, -0.1) is 0 Å². The van der Waals surface area contributed by atoms with Crippen molar-refractivity contribution in [2.24, 2.45) is 5.73 Å². The van der Waals surface area contributed by atoms with Crippen LogP contribution in [0.2, 0.25) is 0 Å². The molecule has 0 aromatic carbocycles. The Morgan fingerprint density at radius 3 is 2.64 bits per heavy atom. The molecule has 14 heavy (non-hydrogen) atoms. The molecule has 0 heterocycles. The zero-order valence-electron chi connectivity index (χ0n) is 8.75. The van der Waals surface area contributed by atoms with Gasteiger partial charge < -0.3 is 16.2 Å². The minimum absolute atomic E-state index is 0.0460. The Balaban J connectivity index is 2.25. The summed E-state index contributed by atoms with van der Waals surface area (Å²) in [6, 6.07) is 0. The average Bonchev–Trinajstić information content (AvgIpc) is 2.48. The Morgan fingerprint density at radius 2 is 2.14 bits per heavy atom. The summed E-state index contributed by atoms with van der Waals surface area (Å²) in [5, 5.41) is 11.6. The lowest BCUT2D eigenvalue weighted by molar-refractivity contribution is -0.122. The monoisotopic (exact) mass is 200 g/mol. The second kappa shape index (κ2) is 4.75. The van der Waals surface area contributed by atoms with E-state index < -0.39 is 6.10 Å². The van der Waals surface area contributed by atoms with Gasteiger partial charge in [-0.2, -0.15) is 0 Å². The quantitative estimate of drug-likeness (QED) is 0.604. The number of carbonyl (C=O) groups is 1. The number of nitrogens with one attached hydrogen (secondary N) is 1. The minimum atomic E-state index is -0.490. The van der Waals surface area contributed by atoms with Crippen LogP contribution in [-0.4, -0.2) is 29.2 Å². The number of aliphatic hydroxyl groups is 1. The molecule has 82 valence electrons. The second-order valence-corrected chi connectivity index (χ2v) is 4.40. The van der Waals surface area contributed by atoms with E-state index in [9.17, 15) is 4.79 Å². The van der Waals surface area contributed by atoms with Gasteiger partial charge in [0, 0.05) is 18.5 Å². The van der Waals surface area contributed by atoms with Crippen LogP contribution in [0.1, 0.15) is 39.0 Å². The Bertz CT molecular complexity index is 198. The fourth-order valence-electron chi connectivity index (χ4n) is 1.90. The zero-order chi connectivity index (χ0) is 10.6. The molecule has 0 aliphatic heterocycles. The fraction of sp³-hybridized carbons (Fsp3) is 0.900. The van der Waals surface area contributed by atoms with Gasteiger partial charge >= 0.3 is 0 Å². The van der Waals surface area contributed by atoms with Crippen molar-refractivity contribution in [2.75, 3.05) is 6.54 Å². The Labute approximate surface area is 84.9 Å². The van der Waals surface area contributed by atoms with E-state index in [1.807, 2.05) is 0 Å². The van der Waals surface area contributed by atoms with Crippen molar-refractivity contribution >= 4 is 5.91 Å². The summed E-state index contributed by atoms with van der Waals surface area (Å²) < 4.78 is 0. The van der Waals surface area contributed by atoms with E-state index in [4.69, 9.17) is 10.8 Å². The highest BCUT2D eigenvalue weighted by Gasteiger charge is 2.31. The summed E-state index contributed by atoms with van der Waals surface area (Å²) in [6.07, 6.45) is 4.03. The molecule has 1 aliphatic rings. The largest absolute Gasteiger partial charge is 0.392 e. The zero-order valence-corrected chi connectivity index (χ0v) is 8.75. The maximum atomic E-state index is 11.4. The fourth-order valence-corrected chi connectivity index (χ4v) is 1.90. The number of nitrogens with two attached hydrogens (primary N) is 1. The first kappa shape index (κ1) is 11.5. The van der Waals surface area contributed by atoms with E-state index in [-0.39, 0.29) is 11.4 Å². The van der Waals surface area contributed by atoms with Gasteiger partial charge in [-0.25, -0.2) is 0 Å². The molecule has 1 aliphatic carbocycles. The van der Waals surface area contributed by atoms with Crippen LogP contribution in [0.5, 0.6) is 0 Å². The summed E-state index contributed by atoms with van der Waals surface area (Å²) in [7, 11) is 0. The predicted molar refractivity (Wildman–Crippen MR) is 54.7 cm³/mol. The SMILES string of the molecule is C[C@@H](O)CNC(=O)CC1(N)CCCC1. The van der Waals surface area contributed by atoms with Crippen molar-refractivity contribution < 1.29 is 9.90 Å². The van der Waals surface area contributed by atoms with Crippen LogP contribution in [0.3, 0.4) is 0 Å². The second-order valence-electron chi connectivity index (χ2n) is 4.40. The van der Waals surface area contributed by atoms with Gasteiger partial charge in [0.2, 0.25) is 5.91 Å². The van der Waals surface area contributed by atoms with Crippen molar-refractivity contribution in [1.29, 1.82) is 0 Å². The van der Waals surface area contributed by atoms with Gasteiger partial charge in [-0.1, -0.05) is 12.8 Å². The highest BCUT2D eigenvalue weighted by Crippen LogP contribution is 2.29. The summed E-state index contributed by atoms with van der Waals surface area (Å²) >= 11 is 0. The summed E-state index contributed by atoms with van der Waals surface area (Å²) in [6.45, 7) is 1.96. The first-order valence-electron chi connectivity index (χ1n) is 5.25. The van der Waals surface area contributed by atoms with E-state index in [0.29, 0.717) is 13.0 Å². The van der Waals surface area contributed by atoms with Crippen molar-refractivity contribution in [2.45, 2.75) is 50.7 Å². The molecular formula is C10H20N2O2. The van der Waals surface area contributed by atoms with Crippen LogP contribution in [0.15, 0.2) is 0 Å². The molecule has 1 atom stereocenters. The number of hydrogen-bond acceptors (Lipinski definition) is 3. The van der Waals surface area contributed by atoms with Crippen LogP contribution < -0.4 is 11.1 Å². The normalized spacial score (nSPS) is 21.9. The van der Waals surface area contributed by atoms with Gasteiger partial charge in [-0.3, -0.25) is 4.79 Å². The maximum Gasteiger partial charge on any atom is 0.221 e. The molecule has 0 unspecified atom stereocenters. The lowest BCUT2D eigenvalue weighted by Crippen LogP contribution is -2.43. The van der Waals surface area contributed by atoms with Crippen molar-refractivity contribution in [3.05, 3.63) is 0 Å². The number of amides is 1. The standard InChI is InChI=1S/C10H20N2O2/c1-8(13)7-12-9(14)6-10(11)4-2-3-5-10/h8,13H,2-7,11H2,1H3,(H,12,14)/t8-/m1/s1. The molecule has 0 aromatic heterocycles. The molecular weight excluding hydrogens is 180 g/mol. The molecule has 4 nitrogen and oxygen atoms in total. The molecule has 4 heteroatoms. The lowest BCUT2D eigenvalue weighted by Gasteiger charge is -2.22. The molecule has 1 rings (SSSR count). The van der Waals surface area contributed by atoms with E-state index >= 15 is 0 Å². The first-order valence-corrected chi connectivity index (χ1v) is 5.25. The van der Waals surface area contributed by atoms with Crippen molar-refractivity contribution in [3.63, 3.8) is 0 Å². The molecule has 0 aromatic rings. The number of rotatable bonds is 4. The molecule has 4 N–H and O–H groups in total. The summed E-state index contributed by atoms with van der Waals surface area (Å²) in [5.41, 5.74) is 5.75. The maximum absolute atomic E-state index is 11.4. The van der Waals surface area contributed by atoms with Crippen LogP contribution in [-0.2, 0) is 4.79 Å². The molecule has 0 bridgehead atoms. The predicted octanol–water partition coefficient (Wildman–Crippen LogP) is 0.145. The molecule has 1 fully saturated rings. The molecule has 1 saturated carbocycles. The molecule has 0 spiro atoms. The van der Waals surface area contributed by atoms with Gasteiger partial charge in [0.15, 0.2) is 0 Å². The molecule has 0 radical (unpaired) electrons. The lowest BCUT2D eigenvalue weighted by atomic mass is 9.94. The highest BCUT2D eigenvalue weighted by molar-refractivity contribution is 5.77. The molecule has 0 saturated heterocycles. The van der Waals surface area contributed by atoms with E-state index in [1.54, 1.807) is 6.92 Å². The number of aliphatic hydroxyl groups excluding tert-OH is 1. The van der Waals surface area contributed by atoms with E-state index in [1.165, 1.54) is 0 Å². The third-order valence-corrected chi connectivity index (χ3v) is 2.71. The van der Waals surface area contributed by atoms with Crippen LogP contribution in [0.4, 0.5) is 0 Å². The highest BCUT2D eigenvalue weighted by atomic mass is 16.3. The Morgan fingerprint density at radius 1 is 1.57 bits per heavy atom. The number of hydrogen-bond donors (Lipinski definition) is 3. The molecule has 1 amide bonds. The van der Waals surface area contributed by atoms with Crippen molar-refractivity contribution in [3.8, 4) is 0 Å². The summed E-state index contributed by atoms with van der Waals surface area (Å²) in [5.74, 6) is -0.0460. The number of carbonyl (C=O) groups excluding carboxylic acids is 1. The van der Waals surface area contributed by atoms with Gasteiger partial charge in [0.25, 0.3) is 0 Å². The minimum Gasteiger partial charge on any atom is -0.392 e. The Hall–Kier alpha value is -0.610. The summed E-state index contributed by atoms with van der Waals surface area (Å²) in [4.78, 5) is 11.4. The van der Waals surface area contributed by atoms with Gasteiger partial charge in [-0.05, 0) is 19.8 Å². The van der Waals surface area contributed by atoms with Crippen LogP contribution in [0, 0.1) is 0 Å². The third-order valence-electron chi connectivity index (χ3n) is 2.71. The smallest absolute Gasteiger partial charge is 0.221 e. The van der Waals surface area contributed by atoms with Gasteiger partial charge in [0.05, 0.1) is 6.10 Å². The van der Waals surface area contributed by atoms with Crippen LogP contribution in [0.25, 0.3) is 0 Å². The van der Waals surface area contributed by atoms with Gasteiger partial charge in [0.1, 0.15) is 0 Å².